The Balaban J connectivity index is 1.79. The molecule has 0 radical (unpaired) electrons. The standard InChI is InChI=1S/C16H23N7/c1-11(2)23-8-4-5-13(23)12-6-7-18-16(21-12)22-15-9-14(17-3)19-10-20-15/h6-7,9-11,13H,4-5,8H2,1-3H3,(H2,17,18,19,20,21,22)/t13-/m0/s1. The summed E-state index contributed by atoms with van der Waals surface area (Å²) in [7, 11) is 1.82. The molecule has 7 heteroatoms. The maximum Gasteiger partial charge on any atom is 0.228 e. The van der Waals surface area contributed by atoms with Crippen molar-refractivity contribution < 1.29 is 0 Å². The van der Waals surface area contributed by atoms with Crippen LogP contribution in [0.25, 0.3) is 0 Å². The van der Waals surface area contributed by atoms with Crippen molar-refractivity contribution in [2.75, 3.05) is 24.2 Å². The van der Waals surface area contributed by atoms with E-state index in [4.69, 9.17) is 4.98 Å². The molecule has 1 aliphatic heterocycles. The zero-order valence-corrected chi connectivity index (χ0v) is 13.8. The predicted molar refractivity (Wildman–Crippen MR) is 90.7 cm³/mol. The van der Waals surface area contributed by atoms with Gasteiger partial charge in [0.05, 0.1) is 11.7 Å². The molecule has 23 heavy (non-hydrogen) atoms. The lowest BCUT2D eigenvalue weighted by atomic mass is 10.1. The van der Waals surface area contributed by atoms with Gasteiger partial charge in [-0.05, 0) is 39.3 Å². The molecule has 1 aliphatic rings. The van der Waals surface area contributed by atoms with Crippen LogP contribution in [0.2, 0.25) is 0 Å². The summed E-state index contributed by atoms with van der Waals surface area (Å²) in [4.78, 5) is 19.8. The van der Waals surface area contributed by atoms with E-state index in [0.717, 1.165) is 24.5 Å². The van der Waals surface area contributed by atoms with Crippen molar-refractivity contribution in [2.45, 2.75) is 38.8 Å². The van der Waals surface area contributed by atoms with E-state index >= 15 is 0 Å². The van der Waals surface area contributed by atoms with E-state index < -0.39 is 0 Å². The molecule has 0 aromatic carbocycles. The van der Waals surface area contributed by atoms with Crippen LogP contribution < -0.4 is 10.6 Å². The molecule has 3 rings (SSSR count). The number of likely N-dealkylation sites (tertiary alicyclic amines) is 1. The lowest BCUT2D eigenvalue weighted by Crippen LogP contribution is -2.30. The topological polar surface area (TPSA) is 78.9 Å². The van der Waals surface area contributed by atoms with Gasteiger partial charge in [0.1, 0.15) is 18.0 Å². The van der Waals surface area contributed by atoms with Gasteiger partial charge in [-0.15, -0.1) is 0 Å². The third-order valence-corrected chi connectivity index (χ3v) is 4.14. The highest BCUT2D eigenvalue weighted by Gasteiger charge is 2.29. The minimum absolute atomic E-state index is 0.372. The maximum absolute atomic E-state index is 4.69. The summed E-state index contributed by atoms with van der Waals surface area (Å²) in [5.74, 6) is 1.99. The molecule has 0 spiro atoms. The highest BCUT2D eigenvalue weighted by molar-refractivity contribution is 5.52. The Bertz CT molecular complexity index is 658. The van der Waals surface area contributed by atoms with Gasteiger partial charge in [-0.2, -0.15) is 0 Å². The lowest BCUT2D eigenvalue weighted by Gasteiger charge is -2.27. The second-order valence-electron chi connectivity index (χ2n) is 5.96. The monoisotopic (exact) mass is 313 g/mol. The first-order chi connectivity index (χ1) is 11.2. The van der Waals surface area contributed by atoms with Gasteiger partial charge in [0, 0.05) is 25.4 Å². The number of aromatic nitrogens is 4. The van der Waals surface area contributed by atoms with E-state index in [2.05, 4.69) is 44.3 Å². The van der Waals surface area contributed by atoms with Crippen LogP contribution in [0.1, 0.15) is 38.4 Å². The molecule has 0 aliphatic carbocycles. The van der Waals surface area contributed by atoms with Crippen molar-refractivity contribution >= 4 is 17.6 Å². The van der Waals surface area contributed by atoms with Crippen LogP contribution in [-0.4, -0.2) is 44.5 Å². The van der Waals surface area contributed by atoms with Crippen molar-refractivity contribution in [2.24, 2.45) is 0 Å². The Kier molecular flexibility index (Phi) is 4.66. The predicted octanol–water partition coefficient (Wildman–Crippen LogP) is 2.60. The van der Waals surface area contributed by atoms with Crippen LogP contribution in [0.3, 0.4) is 0 Å². The third-order valence-electron chi connectivity index (χ3n) is 4.14. The van der Waals surface area contributed by atoms with Gasteiger partial charge in [-0.25, -0.2) is 19.9 Å². The number of rotatable bonds is 5. The highest BCUT2D eigenvalue weighted by Crippen LogP contribution is 2.32. The minimum atomic E-state index is 0.372. The molecular formula is C16H23N7. The first-order valence-electron chi connectivity index (χ1n) is 8.03. The summed E-state index contributed by atoms with van der Waals surface area (Å²) in [6.45, 7) is 5.60. The van der Waals surface area contributed by atoms with Crippen LogP contribution >= 0.6 is 0 Å². The van der Waals surface area contributed by atoms with Crippen molar-refractivity contribution in [1.82, 2.24) is 24.8 Å². The Morgan fingerprint density at radius 2 is 2.04 bits per heavy atom. The maximum atomic E-state index is 4.69. The first kappa shape index (κ1) is 15.6. The molecule has 122 valence electrons. The molecule has 0 saturated carbocycles. The van der Waals surface area contributed by atoms with Gasteiger partial charge in [0.15, 0.2) is 0 Å². The number of hydrogen-bond donors (Lipinski definition) is 2. The number of anilines is 3. The second kappa shape index (κ2) is 6.87. The third kappa shape index (κ3) is 3.56. The van der Waals surface area contributed by atoms with Crippen molar-refractivity contribution in [1.29, 1.82) is 0 Å². The van der Waals surface area contributed by atoms with Crippen LogP contribution in [0.5, 0.6) is 0 Å². The highest BCUT2D eigenvalue weighted by atomic mass is 15.2. The fourth-order valence-corrected chi connectivity index (χ4v) is 3.02. The van der Waals surface area contributed by atoms with Crippen LogP contribution in [0, 0.1) is 0 Å². The fraction of sp³-hybridized carbons (Fsp3) is 0.500. The van der Waals surface area contributed by atoms with E-state index in [9.17, 15) is 0 Å². The summed E-state index contributed by atoms with van der Waals surface area (Å²) in [5.41, 5.74) is 1.07. The van der Waals surface area contributed by atoms with Gasteiger partial charge in [-0.3, -0.25) is 4.90 Å². The Morgan fingerprint density at radius 1 is 1.22 bits per heavy atom. The summed E-state index contributed by atoms with van der Waals surface area (Å²) in [6, 6.07) is 4.73. The van der Waals surface area contributed by atoms with Crippen molar-refractivity contribution in [3.8, 4) is 0 Å². The molecule has 1 fully saturated rings. The lowest BCUT2D eigenvalue weighted by molar-refractivity contribution is 0.202. The first-order valence-corrected chi connectivity index (χ1v) is 8.03. The van der Waals surface area contributed by atoms with Crippen LogP contribution in [0.4, 0.5) is 17.6 Å². The Hall–Kier alpha value is -2.28. The minimum Gasteiger partial charge on any atom is -0.373 e. The molecule has 0 bridgehead atoms. The fourth-order valence-electron chi connectivity index (χ4n) is 3.02. The molecule has 3 heterocycles. The molecular weight excluding hydrogens is 290 g/mol. The van der Waals surface area contributed by atoms with Crippen LogP contribution in [0.15, 0.2) is 24.7 Å². The molecule has 2 aromatic rings. The molecule has 0 unspecified atom stereocenters. The number of nitrogens with zero attached hydrogens (tertiary/aromatic N) is 5. The average molecular weight is 313 g/mol. The summed E-state index contributed by atoms with van der Waals surface area (Å²) in [5, 5.41) is 6.14. The van der Waals surface area contributed by atoms with Gasteiger partial charge >= 0.3 is 0 Å². The zero-order valence-electron chi connectivity index (χ0n) is 13.8. The molecule has 1 saturated heterocycles. The molecule has 2 N–H and O–H groups in total. The summed E-state index contributed by atoms with van der Waals surface area (Å²) in [6.07, 6.45) is 5.68. The Morgan fingerprint density at radius 3 is 2.83 bits per heavy atom. The number of hydrogen-bond acceptors (Lipinski definition) is 7. The van der Waals surface area contributed by atoms with Gasteiger partial charge in [-0.1, -0.05) is 0 Å². The van der Waals surface area contributed by atoms with E-state index in [1.165, 1.54) is 12.7 Å². The largest absolute Gasteiger partial charge is 0.373 e. The molecule has 7 nitrogen and oxygen atoms in total. The summed E-state index contributed by atoms with van der Waals surface area (Å²) >= 11 is 0. The quantitative estimate of drug-likeness (QED) is 0.878. The Labute approximate surface area is 136 Å². The molecule has 2 aromatic heterocycles. The van der Waals surface area contributed by atoms with E-state index in [1.54, 1.807) is 0 Å². The number of nitrogens with one attached hydrogen (secondary N) is 2. The van der Waals surface area contributed by atoms with Crippen molar-refractivity contribution in [3.05, 3.63) is 30.4 Å². The van der Waals surface area contributed by atoms with Gasteiger partial charge in [0.25, 0.3) is 0 Å². The molecule has 0 amide bonds. The zero-order chi connectivity index (χ0) is 16.2. The summed E-state index contributed by atoms with van der Waals surface area (Å²) < 4.78 is 0. The van der Waals surface area contributed by atoms with E-state index in [-0.39, 0.29) is 0 Å². The second-order valence-corrected chi connectivity index (χ2v) is 5.96. The van der Waals surface area contributed by atoms with E-state index in [0.29, 0.717) is 23.8 Å². The van der Waals surface area contributed by atoms with Gasteiger partial charge < -0.3 is 10.6 Å². The van der Waals surface area contributed by atoms with E-state index in [1.807, 2.05) is 25.4 Å². The molecule has 1 atom stereocenters. The normalized spacial score (nSPS) is 18.3. The smallest absolute Gasteiger partial charge is 0.228 e. The van der Waals surface area contributed by atoms with Gasteiger partial charge in [0.2, 0.25) is 5.95 Å². The van der Waals surface area contributed by atoms with Crippen molar-refractivity contribution in [3.63, 3.8) is 0 Å². The van der Waals surface area contributed by atoms with Crippen LogP contribution in [-0.2, 0) is 0 Å². The SMILES string of the molecule is CNc1cc(Nc2nccc([C@@H]3CCCN3C(C)C)n2)ncn1. The average Bonchev–Trinajstić information content (AvgIpc) is 3.05.